The third kappa shape index (κ3) is 2.05. The van der Waals surface area contributed by atoms with Crippen molar-refractivity contribution in [3.63, 3.8) is 0 Å². The van der Waals surface area contributed by atoms with Crippen LogP contribution in [0.3, 0.4) is 0 Å². The molecule has 0 heterocycles. The van der Waals surface area contributed by atoms with Crippen molar-refractivity contribution in [2.24, 2.45) is 0 Å². The van der Waals surface area contributed by atoms with E-state index in [1.807, 2.05) is 0 Å². The van der Waals surface area contributed by atoms with Gasteiger partial charge in [-0.05, 0) is 6.92 Å². The smallest absolute Gasteiger partial charge is 0.445 e. The van der Waals surface area contributed by atoms with Crippen LogP contribution in [0.15, 0.2) is 11.5 Å². The van der Waals surface area contributed by atoms with Gasteiger partial charge in [0, 0.05) is 0 Å². The molecule has 0 aromatic carbocycles. The predicted octanol–water partition coefficient (Wildman–Crippen LogP) is 2.34. The van der Waals surface area contributed by atoms with E-state index in [-0.39, 0.29) is 0 Å². The summed E-state index contributed by atoms with van der Waals surface area (Å²) in [5, 5.41) is 0. The van der Waals surface area contributed by atoms with Gasteiger partial charge in [-0.1, -0.05) is 6.92 Å². The van der Waals surface area contributed by atoms with E-state index in [4.69, 9.17) is 0 Å². The van der Waals surface area contributed by atoms with Crippen LogP contribution in [0.4, 0.5) is 12.9 Å². The normalized spacial score (nSPS) is 14.4. The molecule has 8 heavy (non-hydrogen) atoms. The molecular weight excluding hydrogens is 116 g/mol. The van der Waals surface area contributed by atoms with Crippen molar-refractivity contribution < 1.29 is 12.9 Å². The molecule has 0 aromatic heterocycles. The average Bonchev–Trinajstić information content (AvgIpc) is 1.62. The summed E-state index contributed by atoms with van der Waals surface area (Å²) in [5.74, 6) is 0. The Balaban J connectivity index is 4.03. The number of hydrogen-bond acceptors (Lipinski definition) is 0. The van der Waals surface area contributed by atoms with E-state index in [0.717, 1.165) is 13.0 Å². The van der Waals surface area contributed by atoms with Crippen molar-refractivity contribution in [1.29, 1.82) is 0 Å². The molecule has 0 N–H and O–H groups in total. The zero-order valence-corrected chi connectivity index (χ0v) is 4.79. The van der Waals surface area contributed by atoms with Gasteiger partial charge in [-0.2, -0.15) is 0 Å². The predicted molar refractivity (Wildman–Crippen MR) is 28.5 cm³/mol. The molecule has 0 atom stereocenters. The number of hydrogen-bond donors (Lipinski definition) is 0. The van der Waals surface area contributed by atoms with Gasteiger partial charge >= 0.3 is 6.98 Å². The fourth-order valence-electron chi connectivity index (χ4n) is 0.189. The van der Waals surface area contributed by atoms with Crippen LogP contribution in [0.2, 0.25) is 0 Å². The Labute approximate surface area is 46.4 Å². The lowest BCUT2D eigenvalue weighted by Gasteiger charge is -2.13. The van der Waals surface area contributed by atoms with Crippen LogP contribution in [-0.4, -0.2) is 6.98 Å². The first-order valence-electron chi connectivity index (χ1n) is 2.31. The van der Waals surface area contributed by atoms with Crippen LogP contribution >= 0.6 is 0 Å². The topological polar surface area (TPSA) is 0 Å². The van der Waals surface area contributed by atoms with Crippen molar-refractivity contribution in [3.05, 3.63) is 11.5 Å². The second kappa shape index (κ2) is 2.24. The van der Waals surface area contributed by atoms with Gasteiger partial charge in [0.2, 0.25) is 0 Å². The molecule has 0 nitrogen and oxygen atoms in total. The van der Waals surface area contributed by atoms with Gasteiger partial charge in [-0.3, -0.25) is 0 Å². The van der Waals surface area contributed by atoms with Crippen LogP contribution in [0.25, 0.3) is 0 Å². The van der Waals surface area contributed by atoms with Crippen LogP contribution in [0.5, 0.6) is 0 Å². The first-order valence-corrected chi connectivity index (χ1v) is 2.31. The highest BCUT2D eigenvalue weighted by molar-refractivity contribution is 6.66. The SMILES string of the molecule is C/C=C(/C)[B-](F)(F)F. The lowest BCUT2D eigenvalue weighted by molar-refractivity contribution is 0.490. The molecule has 0 aliphatic heterocycles. The Morgan fingerprint density at radius 1 is 1.38 bits per heavy atom. The van der Waals surface area contributed by atoms with E-state index in [1.165, 1.54) is 6.92 Å². The first kappa shape index (κ1) is 7.59. The molecule has 0 amide bonds. The van der Waals surface area contributed by atoms with Gasteiger partial charge in [-0.25, -0.2) is 0 Å². The van der Waals surface area contributed by atoms with Crippen LogP contribution in [0.1, 0.15) is 13.8 Å². The third-order valence-electron chi connectivity index (χ3n) is 0.972. The summed E-state index contributed by atoms with van der Waals surface area (Å²) in [5.41, 5.74) is -0.481. The molecule has 0 spiro atoms. The van der Waals surface area contributed by atoms with E-state index >= 15 is 0 Å². The Morgan fingerprint density at radius 2 is 1.75 bits per heavy atom. The number of allylic oxidation sites excluding steroid dienone is 2. The maximum atomic E-state index is 11.4. The largest absolute Gasteiger partial charge is 0.505 e. The van der Waals surface area contributed by atoms with Crippen molar-refractivity contribution >= 4 is 6.98 Å². The highest BCUT2D eigenvalue weighted by Gasteiger charge is 2.23. The summed E-state index contributed by atoms with van der Waals surface area (Å²) in [6.07, 6.45) is 1.07. The summed E-state index contributed by atoms with van der Waals surface area (Å²) in [6.45, 7) is -2.25. The average molecular weight is 123 g/mol. The maximum absolute atomic E-state index is 11.4. The summed E-state index contributed by atoms with van der Waals surface area (Å²) in [6, 6.07) is 0. The molecule has 0 unspecified atom stereocenters. The molecule has 4 heteroatoms. The van der Waals surface area contributed by atoms with E-state index in [2.05, 4.69) is 0 Å². The van der Waals surface area contributed by atoms with Gasteiger partial charge in [0.25, 0.3) is 0 Å². The molecule has 0 aromatic rings. The highest BCUT2D eigenvalue weighted by Crippen LogP contribution is 2.17. The molecular formula is C4H7BF3-. The molecule has 0 bridgehead atoms. The summed E-state index contributed by atoms with van der Waals surface area (Å²) in [7, 11) is 0. The molecule has 48 valence electrons. The van der Waals surface area contributed by atoms with Gasteiger partial charge in [-0.15, -0.1) is 11.5 Å². The fourth-order valence-corrected chi connectivity index (χ4v) is 0.189. The summed E-state index contributed by atoms with van der Waals surface area (Å²) in [4.78, 5) is 0. The molecule has 0 saturated heterocycles. The Kier molecular flexibility index (Phi) is 2.13. The lowest BCUT2D eigenvalue weighted by atomic mass is 9.81. The van der Waals surface area contributed by atoms with Gasteiger partial charge < -0.3 is 12.9 Å². The minimum Gasteiger partial charge on any atom is -0.445 e. The quantitative estimate of drug-likeness (QED) is 0.469. The third-order valence-corrected chi connectivity index (χ3v) is 0.972. The second-order valence-corrected chi connectivity index (χ2v) is 1.61. The Hall–Kier alpha value is -0.405. The molecule has 0 aliphatic carbocycles. The van der Waals surface area contributed by atoms with E-state index in [0.29, 0.717) is 0 Å². The van der Waals surface area contributed by atoms with Crippen molar-refractivity contribution in [1.82, 2.24) is 0 Å². The van der Waals surface area contributed by atoms with Crippen LogP contribution in [0, 0.1) is 0 Å². The highest BCUT2D eigenvalue weighted by atomic mass is 19.4. The standard InChI is InChI=1S/C4H7BF3/c1-3-4(2)5(6,7)8/h3H,1-2H3/q-1/b4-3-. The van der Waals surface area contributed by atoms with Gasteiger partial charge in [0.05, 0.1) is 0 Å². The Bertz CT molecular complexity index is 102. The summed E-state index contributed by atoms with van der Waals surface area (Å²) < 4.78 is 34.3. The van der Waals surface area contributed by atoms with Gasteiger partial charge in [0.1, 0.15) is 0 Å². The van der Waals surface area contributed by atoms with Crippen molar-refractivity contribution in [3.8, 4) is 0 Å². The lowest BCUT2D eigenvalue weighted by Crippen LogP contribution is -2.16. The van der Waals surface area contributed by atoms with E-state index in [9.17, 15) is 12.9 Å². The molecule has 0 rings (SSSR count). The molecule has 0 aliphatic rings. The first-order chi connectivity index (χ1) is 3.48. The van der Waals surface area contributed by atoms with Crippen molar-refractivity contribution in [2.75, 3.05) is 0 Å². The number of rotatable bonds is 1. The monoisotopic (exact) mass is 123 g/mol. The van der Waals surface area contributed by atoms with Gasteiger partial charge in [0.15, 0.2) is 0 Å². The molecule has 0 radical (unpaired) electrons. The van der Waals surface area contributed by atoms with E-state index < -0.39 is 12.4 Å². The van der Waals surface area contributed by atoms with Crippen LogP contribution < -0.4 is 0 Å². The zero-order chi connectivity index (χ0) is 6.78. The van der Waals surface area contributed by atoms with Crippen molar-refractivity contribution in [2.45, 2.75) is 13.8 Å². The maximum Gasteiger partial charge on any atom is 0.505 e. The fraction of sp³-hybridized carbons (Fsp3) is 0.500. The minimum atomic E-state index is -4.70. The molecule has 0 fully saturated rings. The Morgan fingerprint density at radius 3 is 1.75 bits per heavy atom. The minimum absolute atomic E-state index is 0.481. The second-order valence-electron chi connectivity index (χ2n) is 1.61. The zero-order valence-electron chi connectivity index (χ0n) is 4.79. The summed E-state index contributed by atoms with van der Waals surface area (Å²) >= 11 is 0. The molecule has 0 saturated carbocycles. The number of halogens is 3. The van der Waals surface area contributed by atoms with E-state index in [1.54, 1.807) is 0 Å². The van der Waals surface area contributed by atoms with Crippen LogP contribution in [-0.2, 0) is 0 Å².